The van der Waals surface area contributed by atoms with E-state index in [2.05, 4.69) is 20.5 Å². The summed E-state index contributed by atoms with van der Waals surface area (Å²) in [5.41, 5.74) is 2.20. The number of benzene rings is 1. The number of hydrogen-bond donors (Lipinski definition) is 1. The highest BCUT2D eigenvalue weighted by Crippen LogP contribution is 2.38. The van der Waals surface area contributed by atoms with Gasteiger partial charge in [-0.3, -0.25) is 0 Å². The van der Waals surface area contributed by atoms with Gasteiger partial charge in [-0.25, -0.2) is 0 Å². The van der Waals surface area contributed by atoms with E-state index in [9.17, 15) is 0 Å². The van der Waals surface area contributed by atoms with Crippen LogP contribution in [0.1, 0.15) is 18.9 Å². The first-order valence-corrected chi connectivity index (χ1v) is 7.68. The van der Waals surface area contributed by atoms with E-state index in [1.807, 2.05) is 12.1 Å². The molecule has 5 rings (SSSR count). The van der Waals surface area contributed by atoms with Crippen molar-refractivity contribution in [2.45, 2.75) is 18.9 Å². The third kappa shape index (κ3) is 1.73. The molecule has 3 fully saturated rings. The average Bonchev–Trinajstić information content (AvgIpc) is 2.84. The molecule has 3 aliphatic rings. The number of hydrogen-bond acceptors (Lipinski definition) is 3. The Kier molecular flexibility index (Phi) is 2.86. The number of aromatic amines is 1. The highest BCUT2D eigenvalue weighted by atomic mass is 32.1. The molecule has 1 aromatic heterocycles. The second-order valence-corrected chi connectivity index (χ2v) is 6.25. The molecule has 0 amide bonds. The SMILES string of the molecule is COc1cccc2c1[nH]c(=S)n2C1CN2CCC1CC2. The second-order valence-electron chi connectivity index (χ2n) is 5.86. The van der Waals surface area contributed by atoms with Crippen molar-refractivity contribution in [3.63, 3.8) is 0 Å². The van der Waals surface area contributed by atoms with Gasteiger partial charge in [0.15, 0.2) is 4.77 Å². The van der Waals surface area contributed by atoms with Gasteiger partial charge >= 0.3 is 0 Å². The van der Waals surface area contributed by atoms with Gasteiger partial charge in [0.2, 0.25) is 0 Å². The van der Waals surface area contributed by atoms with Crippen molar-refractivity contribution in [1.29, 1.82) is 0 Å². The van der Waals surface area contributed by atoms with Gasteiger partial charge in [0.05, 0.1) is 18.7 Å². The zero-order chi connectivity index (χ0) is 13.7. The van der Waals surface area contributed by atoms with Crippen LogP contribution in [0.25, 0.3) is 11.0 Å². The number of nitrogens with zero attached hydrogens (tertiary/aromatic N) is 2. The Bertz CT molecular complexity index is 697. The number of imidazole rings is 1. The van der Waals surface area contributed by atoms with Gasteiger partial charge in [0.25, 0.3) is 0 Å². The van der Waals surface area contributed by atoms with Crippen LogP contribution in [0.15, 0.2) is 18.2 Å². The van der Waals surface area contributed by atoms with E-state index in [0.717, 1.165) is 28.5 Å². The quantitative estimate of drug-likeness (QED) is 0.863. The lowest BCUT2D eigenvalue weighted by Gasteiger charge is -2.45. The van der Waals surface area contributed by atoms with Crippen LogP contribution in [-0.2, 0) is 0 Å². The third-order valence-electron chi connectivity index (χ3n) is 4.89. The second kappa shape index (κ2) is 4.60. The molecule has 0 spiro atoms. The smallest absolute Gasteiger partial charge is 0.178 e. The molecular weight excluding hydrogens is 270 g/mol. The van der Waals surface area contributed by atoms with Crippen LogP contribution >= 0.6 is 12.2 Å². The van der Waals surface area contributed by atoms with Crippen molar-refractivity contribution in [2.24, 2.45) is 5.92 Å². The number of aromatic nitrogens is 2. The standard InChI is InChI=1S/C15H19N3OS/c1-19-13-4-2-3-11-14(13)16-15(20)18(11)12-9-17-7-5-10(12)6-8-17/h2-4,10,12H,5-9H2,1H3,(H,16,20). The van der Waals surface area contributed by atoms with E-state index in [1.165, 1.54) is 31.4 Å². The largest absolute Gasteiger partial charge is 0.494 e. The fourth-order valence-corrected chi connectivity index (χ4v) is 4.18. The highest BCUT2D eigenvalue weighted by Gasteiger charge is 2.36. The molecule has 20 heavy (non-hydrogen) atoms. The molecule has 2 aromatic rings. The topological polar surface area (TPSA) is 33.2 Å². The molecule has 5 heteroatoms. The minimum absolute atomic E-state index is 0.505. The highest BCUT2D eigenvalue weighted by molar-refractivity contribution is 7.71. The summed E-state index contributed by atoms with van der Waals surface area (Å²) in [6, 6.07) is 6.67. The van der Waals surface area contributed by atoms with Crippen LogP contribution in [0.4, 0.5) is 0 Å². The summed E-state index contributed by atoms with van der Waals surface area (Å²) in [5.74, 6) is 1.63. The Hall–Kier alpha value is -1.33. The van der Waals surface area contributed by atoms with Gasteiger partial charge in [0.1, 0.15) is 11.3 Å². The normalized spacial score (nSPS) is 28.9. The molecule has 3 aliphatic heterocycles. The Morgan fingerprint density at radius 3 is 2.75 bits per heavy atom. The van der Waals surface area contributed by atoms with Crippen LogP contribution in [-0.4, -0.2) is 41.2 Å². The van der Waals surface area contributed by atoms with Crippen molar-refractivity contribution in [3.8, 4) is 5.75 Å². The van der Waals surface area contributed by atoms with Crippen LogP contribution in [0.3, 0.4) is 0 Å². The summed E-state index contributed by atoms with van der Waals surface area (Å²) in [5, 5.41) is 0. The molecule has 106 valence electrons. The predicted octanol–water partition coefficient (Wildman–Crippen LogP) is 2.97. The zero-order valence-corrected chi connectivity index (χ0v) is 12.4. The fraction of sp³-hybridized carbons (Fsp3) is 0.533. The van der Waals surface area contributed by atoms with Gasteiger partial charge in [-0.2, -0.15) is 0 Å². The molecule has 0 radical (unpaired) electrons. The molecule has 1 unspecified atom stereocenters. The van der Waals surface area contributed by atoms with Gasteiger partial charge in [-0.1, -0.05) is 6.07 Å². The molecule has 0 saturated carbocycles. The van der Waals surface area contributed by atoms with E-state index < -0.39 is 0 Å². The molecule has 1 atom stereocenters. The minimum Gasteiger partial charge on any atom is -0.494 e. The van der Waals surface area contributed by atoms with Crippen LogP contribution in [0, 0.1) is 10.7 Å². The monoisotopic (exact) mass is 289 g/mol. The first-order chi connectivity index (χ1) is 9.78. The van der Waals surface area contributed by atoms with Crippen LogP contribution < -0.4 is 4.74 Å². The number of methoxy groups -OCH3 is 1. The van der Waals surface area contributed by atoms with Crippen molar-refractivity contribution in [1.82, 2.24) is 14.5 Å². The third-order valence-corrected chi connectivity index (χ3v) is 5.19. The number of H-pyrrole nitrogens is 1. The first kappa shape index (κ1) is 12.4. The lowest BCUT2D eigenvalue weighted by Crippen LogP contribution is -2.48. The maximum absolute atomic E-state index is 5.59. The van der Waals surface area contributed by atoms with E-state index >= 15 is 0 Å². The van der Waals surface area contributed by atoms with Gasteiger partial charge in [-0.15, -0.1) is 0 Å². The van der Waals surface area contributed by atoms with Gasteiger partial charge in [0, 0.05) is 6.54 Å². The summed E-state index contributed by atoms with van der Waals surface area (Å²) >= 11 is 5.59. The van der Waals surface area contributed by atoms with E-state index in [0.29, 0.717) is 6.04 Å². The van der Waals surface area contributed by atoms with Gasteiger partial charge < -0.3 is 19.2 Å². The van der Waals surface area contributed by atoms with Crippen LogP contribution in [0.5, 0.6) is 5.75 Å². The average molecular weight is 289 g/mol. The maximum Gasteiger partial charge on any atom is 0.178 e. The summed E-state index contributed by atoms with van der Waals surface area (Å²) in [6.45, 7) is 3.63. The van der Waals surface area contributed by atoms with E-state index in [1.54, 1.807) is 7.11 Å². The molecule has 1 N–H and O–H groups in total. The lowest BCUT2D eigenvalue weighted by atomic mass is 9.84. The van der Waals surface area contributed by atoms with E-state index in [4.69, 9.17) is 17.0 Å². The molecule has 4 heterocycles. The van der Waals surface area contributed by atoms with Crippen molar-refractivity contribution in [2.75, 3.05) is 26.7 Å². The van der Waals surface area contributed by atoms with Crippen molar-refractivity contribution < 1.29 is 4.74 Å². The van der Waals surface area contributed by atoms with Crippen LogP contribution in [0.2, 0.25) is 0 Å². The number of nitrogens with one attached hydrogen (secondary N) is 1. The lowest BCUT2D eigenvalue weighted by molar-refractivity contribution is 0.0582. The Morgan fingerprint density at radius 2 is 2.10 bits per heavy atom. The zero-order valence-electron chi connectivity index (χ0n) is 11.6. The molecule has 3 saturated heterocycles. The summed E-state index contributed by atoms with van der Waals surface area (Å²) < 4.78 is 8.59. The Labute approximate surface area is 123 Å². The molecule has 4 nitrogen and oxygen atoms in total. The van der Waals surface area contributed by atoms with E-state index in [-0.39, 0.29) is 0 Å². The summed E-state index contributed by atoms with van der Waals surface area (Å²) in [7, 11) is 1.71. The number of rotatable bonds is 2. The summed E-state index contributed by atoms with van der Waals surface area (Å²) in [6.07, 6.45) is 2.59. The van der Waals surface area contributed by atoms with Crippen molar-refractivity contribution in [3.05, 3.63) is 23.0 Å². The summed E-state index contributed by atoms with van der Waals surface area (Å²) in [4.78, 5) is 5.90. The molecule has 2 bridgehead atoms. The molecule has 0 aliphatic carbocycles. The number of ether oxygens (including phenoxy) is 1. The minimum atomic E-state index is 0.505. The number of para-hydroxylation sites is 1. The Morgan fingerprint density at radius 1 is 1.30 bits per heavy atom. The molecular formula is C15H19N3OS. The molecule has 1 aromatic carbocycles. The number of piperidine rings is 3. The maximum atomic E-state index is 5.59. The van der Waals surface area contributed by atoms with Gasteiger partial charge in [-0.05, 0) is 56.2 Å². The Balaban J connectivity index is 1.88. The first-order valence-electron chi connectivity index (χ1n) is 7.27. The number of fused-ring (bicyclic) bond motifs is 4. The predicted molar refractivity (Wildman–Crippen MR) is 81.9 cm³/mol. The van der Waals surface area contributed by atoms with Crippen molar-refractivity contribution >= 4 is 23.3 Å². The fourth-order valence-electron chi connectivity index (χ4n) is 3.85.